The van der Waals surface area contributed by atoms with Gasteiger partial charge in [-0.25, -0.2) is 0 Å². The van der Waals surface area contributed by atoms with Crippen LogP contribution in [0.2, 0.25) is 0 Å². The van der Waals surface area contributed by atoms with Crippen molar-refractivity contribution in [3.8, 4) is 0 Å². The van der Waals surface area contributed by atoms with Crippen LogP contribution in [0.5, 0.6) is 0 Å². The predicted octanol–water partition coefficient (Wildman–Crippen LogP) is 3.29. The molecule has 0 bridgehead atoms. The van der Waals surface area contributed by atoms with Gasteiger partial charge in [0, 0.05) is 16.9 Å². The van der Waals surface area contributed by atoms with Crippen LogP contribution in [0.3, 0.4) is 0 Å². The number of ether oxygens (including phenoxy) is 1. The molecular weight excluding hydrogens is 270 g/mol. The summed E-state index contributed by atoms with van der Waals surface area (Å²) in [6, 6.07) is 1.92. The molecule has 0 aliphatic carbocycles. The second kappa shape index (κ2) is 6.63. The Morgan fingerprint density at radius 2 is 2.25 bits per heavy atom. The van der Waals surface area contributed by atoms with Crippen LogP contribution in [0.15, 0.2) is 22.9 Å². The van der Waals surface area contributed by atoms with E-state index in [4.69, 9.17) is 4.74 Å². The lowest BCUT2D eigenvalue weighted by Crippen LogP contribution is -2.16. The Hall–Kier alpha value is -0.900. The van der Waals surface area contributed by atoms with E-state index in [1.54, 1.807) is 12.4 Å². The van der Waals surface area contributed by atoms with E-state index in [9.17, 15) is 4.79 Å². The first-order valence-electron chi connectivity index (χ1n) is 5.46. The fourth-order valence-corrected chi connectivity index (χ4v) is 1.95. The molecule has 0 radical (unpaired) electrons. The van der Waals surface area contributed by atoms with E-state index in [-0.39, 0.29) is 11.9 Å². The summed E-state index contributed by atoms with van der Waals surface area (Å²) < 4.78 is 5.95. The van der Waals surface area contributed by atoms with Crippen LogP contribution in [0.25, 0.3) is 0 Å². The zero-order chi connectivity index (χ0) is 12.0. The number of halogens is 1. The van der Waals surface area contributed by atoms with E-state index < -0.39 is 0 Å². The molecule has 0 spiro atoms. The van der Waals surface area contributed by atoms with Gasteiger partial charge in [0.05, 0.1) is 12.5 Å². The molecule has 3 nitrogen and oxygen atoms in total. The molecule has 1 atom stereocenters. The molecule has 1 rings (SSSR count). The van der Waals surface area contributed by atoms with Crippen molar-refractivity contribution in [2.75, 3.05) is 6.61 Å². The number of carbonyl (C=O) groups is 1. The van der Waals surface area contributed by atoms with Crippen LogP contribution in [0.4, 0.5) is 0 Å². The monoisotopic (exact) mass is 285 g/mol. The molecule has 0 saturated carbocycles. The maximum atomic E-state index is 11.8. The third kappa shape index (κ3) is 3.59. The summed E-state index contributed by atoms with van der Waals surface area (Å²) in [7, 11) is 0. The lowest BCUT2D eigenvalue weighted by Gasteiger charge is -2.14. The van der Waals surface area contributed by atoms with Crippen molar-refractivity contribution in [1.82, 2.24) is 4.98 Å². The Labute approximate surface area is 104 Å². The summed E-state index contributed by atoms with van der Waals surface area (Å²) >= 11 is 3.36. The van der Waals surface area contributed by atoms with E-state index in [0.29, 0.717) is 6.61 Å². The normalized spacial score (nSPS) is 12.2. The summed E-state index contributed by atoms with van der Waals surface area (Å²) in [5.41, 5.74) is 0.912. The second-order valence-electron chi connectivity index (χ2n) is 3.53. The number of nitrogens with zero attached hydrogens (tertiary/aromatic N) is 1. The van der Waals surface area contributed by atoms with Gasteiger partial charge in [-0.2, -0.15) is 0 Å². The van der Waals surface area contributed by atoms with Gasteiger partial charge in [-0.3, -0.25) is 9.78 Å². The number of hydrogen-bond acceptors (Lipinski definition) is 3. The quantitative estimate of drug-likeness (QED) is 0.780. The van der Waals surface area contributed by atoms with Gasteiger partial charge < -0.3 is 4.74 Å². The first kappa shape index (κ1) is 13.2. The summed E-state index contributed by atoms with van der Waals surface area (Å²) in [6.07, 6.45) is 5.16. The number of pyridine rings is 1. The molecule has 1 aromatic rings. The van der Waals surface area contributed by atoms with Crippen molar-refractivity contribution in [3.63, 3.8) is 0 Å². The highest BCUT2D eigenvalue weighted by atomic mass is 79.9. The first-order valence-corrected chi connectivity index (χ1v) is 6.25. The van der Waals surface area contributed by atoms with Gasteiger partial charge in [-0.1, -0.05) is 13.3 Å². The van der Waals surface area contributed by atoms with Crippen molar-refractivity contribution in [2.24, 2.45) is 0 Å². The lowest BCUT2D eigenvalue weighted by molar-refractivity contribution is -0.145. The first-order chi connectivity index (χ1) is 7.69. The van der Waals surface area contributed by atoms with Gasteiger partial charge in [-0.05, 0) is 40.9 Å². The molecule has 0 saturated heterocycles. The van der Waals surface area contributed by atoms with Crippen LogP contribution in [0, 0.1) is 0 Å². The molecule has 88 valence electrons. The summed E-state index contributed by atoms with van der Waals surface area (Å²) in [5, 5.41) is 0. The molecule has 0 aliphatic heterocycles. The third-order valence-corrected chi connectivity index (χ3v) is 2.71. The largest absolute Gasteiger partial charge is 0.466 e. The standard InChI is InChI=1S/C12H16BrNO2/c1-3-5-11(12(15)16-4-2)9-6-10(13)8-14-7-9/h6-8,11H,3-5H2,1-2H3. The highest BCUT2D eigenvalue weighted by Crippen LogP contribution is 2.24. The smallest absolute Gasteiger partial charge is 0.313 e. The summed E-state index contributed by atoms with van der Waals surface area (Å²) in [4.78, 5) is 15.9. The SMILES string of the molecule is CCCC(C(=O)OCC)c1cncc(Br)c1. The molecule has 0 amide bonds. The number of hydrogen-bond donors (Lipinski definition) is 0. The third-order valence-electron chi connectivity index (χ3n) is 2.28. The van der Waals surface area contributed by atoms with Gasteiger partial charge in [0.15, 0.2) is 0 Å². The van der Waals surface area contributed by atoms with E-state index >= 15 is 0 Å². The molecule has 0 N–H and O–H groups in total. The summed E-state index contributed by atoms with van der Waals surface area (Å²) in [6.45, 7) is 4.29. The maximum absolute atomic E-state index is 11.8. The molecule has 16 heavy (non-hydrogen) atoms. The Balaban J connectivity index is 2.88. The van der Waals surface area contributed by atoms with E-state index in [1.807, 2.05) is 13.0 Å². The van der Waals surface area contributed by atoms with E-state index in [2.05, 4.69) is 27.8 Å². The number of aromatic nitrogens is 1. The Kier molecular flexibility index (Phi) is 5.46. The van der Waals surface area contributed by atoms with Gasteiger partial charge >= 0.3 is 5.97 Å². The second-order valence-corrected chi connectivity index (χ2v) is 4.45. The molecular formula is C12H16BrNO2. The lowest BCUT2D eigenvalue weighted by atomic mass is 9.96. The number of rotatable bonds is 5. The van der Waals surface area contributed by atoms with Crippen molar-refractivity contribution < 1.29 is 9.53 Å². The van der Waals surface area contributed by atoms with Crippen LogP contribution >= 0.6 is 15.9 Å². The summed E-state index contributed by atoms with van der Waals surface area (Å²) in [5.74, 6) is -0.362. The van der Waals surface area contributed by atoms with E-state index in [0.717, 1.165) is 22.9 Å². The van der Waals surface area contributed by atoms with Crippen LogP contribution in [-0.4, -0.2) is 17.6 Å². The number of esters is 1. The van der Waals surface area contributed by atoms with Gasteiger partial charge in [0.2, 0.25) is 0 Å². The molecule has 1 aromatic heterocycles. The average molecular weight is 286 g/mol. The Bertz CT molecular complexity index is 355. The fourth-order valence-electron chi connectivity index (χ4n) is 1.57. The Morgan fingerprint density at radius 3 is 2.81 bits per heavy atom. The maximum Gasteiger partial charge on any atom is 0.313 e. The van der Waals surface area contributed by atoms with Gasteiger partial charge in [-0.15, -0.1) is 0 Å². The minimum absolute atomic E-state index is 0.163. The highest BCUT2D eigenvalue weighted by Gasteiger charge is 2.21. The van der Waals surface area contributed by atoms with Crippen LogP contribution < -0.4 is 0 Å². The molecule has 0 aliphatic rings. The highest BCUT2D eigenvalue weighted by molar-refractivity contribution is 9.10. The fraction of sp³-hybridized carbons (Fsp3) is 0.500. The van der Waals surface area contributed by atoms with Gasteiger partial charge in [0.25, 0.3) is 0 Å². The van der Waals surface area contributed by atoms with E-state index in [1.165, 1.54) is 0 Å². The molecule has 0 fully saturated rings. The zero-order valence-corrected chi connectivity index (χ0v) is 11.2. The molecule has 1 heterocycles. The van der Waals surface area contributed by atoms with Crippen LogP contribution in [-0.2, 0) is 9.53 Å². The predicted molar refractivity (Wildman–Crippen MR) is 66.2 cm³/mol. The Morgan fingerprint density at radius 1 is 1.50 bits per heavy atom. The minimum atomic E-state index is -0.199. The topological polar surface area (TPSA) is 39.2 Å². The van der Waals surface area contributed by atoms with Gasteiger partial charge in [0.1, 0.15) is 0 Å². The molecule has 0 aromatic carbocycles. The minimum Gasteiger partial charge on any atom is -0.466 e. The molecule has 4 heteroatoms. The van der Waals surface area contributed by atoms with Crippen molar-refractivity contribution in [3.05, 3.63) is 28.5 Å². The van der Waals surface area contributed by atoms with Crippen LogP contribution in [0.1, 0.15) is 38.2 Å². The number of carbonyl (C=O) groups excluding carboxylic acids is 1. The molecule has 1 unspecified atom stereocenters. The van der Waals surface area contributed by atoms with Crippen molar-refractivity contribution in [2.45, 2.75) is 32.6 Å². The average Bonchev–Trinajstić information content (AvgIpc) is 2.26. The zero-order valence-electron chi connectivity index (χ0n) is 9.57. The van der Waals surface area contributed by atoms with Crippen molar-refractivity contribution >= 4 is 21.9 Å². The van der Waals surface area contributed by atoms with Crippen molar-refractivity contribution in [1.29, 1.82) is 0 Å².